The lowest BCUT2D eigenvalue weighted by Crippen LogP contribution is -2.22. The fourth-order valence-corrected chi connectivity index (χ4v) is 1.25. The van der Waals surface area contributed by atoms with E-state index < -0.39 is 0 Å². The molecule has 0 saturated carbocycles. The maximum atomic E-state index is 11.3. The van der Waals surface area contributed by atoms with Crippen LogP contribution in [0.1, 0.15) is 19.8 Å². The van der Waals surface area contributed by atoms with Crippen LogP contribution in [0.2, 0.25) is 5.28 Å². The number of hydrogen-bond donors (Lipinski definition) is 0. The first-order valence-corrected chi connectivity index (χ1v) is 4.34. The summed E-state index contributed by atoms with van der Waals surface area (Å²) >= 11 is 5.72. The molecule has 5 heteroatoms. The van der Waals surface area contributed by atoms with Crippen LogP contribution in [0.3, 0.4) is 0 Å². The van der Waals surface area contributed by atoms with Crippen LogP contribution >= 0.6 is 11.6 Å². The Balaban J connectivity index is 2.90. The van der Waals surface area contributed by atoms with Gasteiger partial charge in [0.1, 0.15) is 0 Å². The van der Waals surface area contributed by atoms with Gasteiger partial charge < -0.3 is 0 Å². The molecule has 0 N–H and O–H groups in total. The maximum Gasteiger partial charge on any atom is 0.346 e. The summed E-state index contributed by atoms with van der Waals surface area (Å²) in [6.07, 6.45) is 1.99. The number of hydrogen-bond acceptors (Lipinski definition) is 2. The molecule has 0 amide bonds. The van der Waals surface area contributed by atoms with Crippen molar-refractivity contribution >= 4 is 11.6 Å². The predicted molar refractivity (Wildman–Crippen MR) is 47.4 cm³/mol. The molecule has 1 aromatic heterocycles. The molecule has 1 heterocycles. The van der Waals surface area contributed by atoms with Crippen LogP contribution in [0.15, 0.2) is 4.79 Å². The molecule has 0 fully saturated rings. The molecule has 0 bridgehead atoms. The zero-order chi connectivity index (χ0) is 9.14. The number of halogens is 1. The molecule has 0 atom stereocenters. The molecule has 0 aromatic carbocycles. The summed E-state index contributed by atoms with van der Waals surface area (Å²) in [5, 5.41) is 4.07. The third kappa shape index (κ3) is 1.69. The highest BCUT2D eigenvalue weighted by molar-refractivity contribution is 6.28. The molecular formula is C7H12ClN3O. The molecule has 0 saturated heterocycles. The highest BCUT2D eigenvalue weighted by Gasteiger charge is 2.06. The van der Waals surface area contributed by atoms with Gasteiger partial charge in [0, 0.05) is 13.6 Å². The molecule has 1 aromatic rings. The third-order valence-corrected chi connectivity index (χ3v) is 1.98. The molecule has 0 radical (unpaired) electrons. The Bertz CT molecular complexity index is 315. The van der Waals surface area contributed by atoms with Crippen LogP contribution in [-0.2, 0) is 13.6 Å². The summed E-state index contributed by atoms with van der Waals surface area (Å²) in [7, 11) is 1.59. The molecular weight excluding hydrogens is 178 g/mol. The highest BCUT2D eigenvalue weighted by Crippen LogP contribution is 2.02. The van der Waals surface area contributed by atoms with E-state index in [0.29, 0.717) is 6.54 Å². The summed E-state index contributed by atoms with van der Waals surface area (Å²) in [6, 6.07) is 0. The Morgan fingerprint density at radius 2 is 2.25 bits per heavy atom. The van der Waals surface area contributed by atoms with Crippen LogP contribution in [0.25, 0.3) is 0 Å². The van der Waals surface area contributed by atoms with Gasteiger partial charge in [0.25, 0.3) is 0 Å². The molecule has 0 aliphatic heterocycles. The lowest BCUT2D eigenvalue weighted by molar-refractivity contribution is 0.601. The standard InChI is InChI=1S/C7H12ClN3O/c1-3-4-5-11-6(8)9-10(2)7(11)12/h3-5H2,1-2H3. The van der Waals surface area contributed by atoms with E-state index in [-0.39, 0.29) is 11.0 Å². The van der Waals surface area contributed by atoms with Crippen LogP contribution < -0.4 is 5.69 Å². The van der Waals surface area contributed by atoms with Crippen molar-refractivity contribution in [3.63, 3.8) is 0 Å². The topological polar surface area (TPSA) is 39.8 Å². The monoisotopic (exact) mass is 189 g/mol. The Kier molecular flexibility index (Phi) is 2.92. The zero-order valence-corrected chi connectivity index (χ0v) is 8.01. The van der Waals surface area contributed by atoms with Crippen LogP contribution in [0.5, 0.6) is 0 Å². The second kappa shape index (κ2) is 3.76. The van der Waals surface area contributed by atoms with E-state index in [4.69, 9.17) is 11.6 Å². The first-order valence-electron chi connectivity index (χ1n) is 3.96. The Hall–Kier alpha value is -0.770. The molecule has 4 nitrogen and oxygen atoms in total. The van der Waals surface area contributed by atoms with Gasteiger partial charge in [-0.3, -0.25) is 4.57 Å². The fourth-order valence-electron chi connectivity index (χ4n) is 0.978. The van der Waals surface area contributed by atoms with Crippen molar-refractivity contribution in [2.45, 2.75) is 26.3 Å². The predicted octanol–water partition coefficient (Wildman–Crippen LogP) is 1.04. The van der Waals surface area contributed by atoms with E-state index in [1.807, 2.05) is 0 Å². The van der Waals surface area contributed by atoms with Crippen molar-refractivity contribution in [3.05, 3.63) is 15.8 Å². The zero-order valence-electron chi connectivity index (χ0n) is 7.25. The van der Waals surface area contributed by atoms with Gasteiger partial charge in [0.15, 0.2) is 0 Å². The first kappa shape index (κ1) is 9.32. The fraction of sp³-hybridized carbons (Fsp3) is 0.714. The smallest absolute Gasteiger partial charge is 0.266 e. The molecule has 68 valence electrons. The Morgan fingerprint density at radius 1 is 1.58 bits per heavy atom. The maximum absolute atomic E-state index is 11.3. The van der Waals surface area contributed by atoms with E-state index >= 15 is 0 Å². The Labute approximate surface area is 75.8 Å². The summed E-state index contributed by atoms with van der Waals surface area (Å²) in [5.74, 6) is 0. The van der Waals surface area contributed by atoms with E-state index in [1.165, 1.54) is 9.25 Å². The van der Waals surface area contributed by atoms with Gasteiger partial charge in [-0.05, 0) is 18.0 Å². The molecule has 0 unspecified atom stereocenters. The van der Waals surface area contributed by atoms with Crippen molar-refractivity contribution in [1.29, 1.82) is 0 Å². The van der Waals surface area contributed by atoms with Crippen LogP contribution in [0, 0.1) is 0 Å². The normalized spacial score (nSPS) is 10.6. The number of unbranched alkanes of at least 4 members (excludes halogenated alkanes) is 1. The summed E-state index contributed by atoms with van der Waals surface area (Å²) < 4.78 is 2.73. The van der Waals surface area contributed by atoms with Gasteiger partial charge in [0.2, 0.25) is 5.28 Å². The van der Waals surface area contributed by atoms with Crippen molar-refractivity contribution in [2.24, 2.45) is 7.05 Å². The highest BCUT2D eigenvalue weighted by atomic mass is 35.5. The summed E-state index contributed by atoms with van der Waals surface area (Å²) in [6.45, 7) is 2.72. The van der Waals surface area contributed by atoms with Gasteiger partial charge in [-0.25, -0.2) is 9.48 Å². The van der Waals surface area contributed by atoms with Crippen molar-refractivity contribution in [2.75, 3.05) is 0 Å². The van der Waals surface area contributed by atoms with Crippen LogP contribution in [0.4, 0.5) is 0 Å². The number of aryl methyl sites for hydroxylation is 1. The molecule has 12 heavy (non-hydrogen) atoms. The van der Waals surface area contributed by atoms with Crippen molar-refractivity contribution < 1.29 is 0 Å². The number of nitrogens with zero attached hydrogens (tertiary/aromatic N) is 3. The first-order chi connectivity index (χ1) is 5.66. The van der Waals surface area contributed by atoms with Crippen molar-refractivity contribution in [3.8, 4) is 0 Å². The average molecular weight is 190 g/mol. The lowest BCUT2D eigenvalue weighted by atomic mass is 10.3. The Morgan fingerprint density at radius 3 is 2.67 bits per heavy atom. The second-order valence-electron chi connectivity index (χ2n) is 2.68. The quantitative estimate of drug-likeness (QED) is 0.713. The molecule has 0 spiro atoms. The summed E-state index contributed by atoms with van der Waals surface area (Å²) in [5.41, 5.74) is -0.145. The minimum absolute atomic E-state index is 0.145. The van der Waals surface area contributed by atoms with Gasteiger partial charge >= 0.3 is 5.69 Å². The van der Waals surface area contributed by atoms with Crippen molar-refractivity contribution in [1.82, 2.24) is 14.3 Å². The molecule has 0 aliphatic carbocycles. The van der Waals surface area contributed by atoms with Gasteiger partial charge in [-0.15, -0.1) is 5.10 Å². The largest absolute Gasteiger partial charge is 0.346 e. The minimum Gasteiger partial charge on any atom is -0.266 e. The van der Waals surface area contributed by atoms with E-state index in [9.17, 15) is 4.79 Å². The van der Waals surface area contributed by atoms with Crippen LogP contribution in [-0.4, -0.2) is 14.3 Å². The lowest BCUT2D eigenvalue weighted by Gasteiger charge is -1.97. The third-order valence-electron chi connectivity index (χ3n) is 1.70. The molecule has 0 aliphatic rings. The second-order valence-corrected chi connectivity index (χ2v) is 3.02. The SMILES string of the molecule is CCCCn1c(Cl)nn(C)c1=O. The van der Waals surface area contributed by atoms with Gasteiger partial charge in [-0.1, -0.05) is 13.3 Å². The number of rotatable bonds is 3. The van der Waals surface area contributed by atoms with E-state index in [1.54, 1.807) is 7.05 Å². The minimum atomic E-state index is -0.145. The molecule has 1 rings (SSSR count). The van der Waals surface area contributed by atoms with Gasteiger partial charge in [0.05, 0.1) is 0 Å². The van der Waals surface area contributed by atoms with E-state index in [0.717, 1.165) is 12.8 Å². The number of aromatic nitrogens is 3. The average Bonchev–Trinajstić information content (AvgIpc) is 2.25. The van der Waals surface area contributed by atoms with E-state index in [2.05, 4.69) is 12.0 Å². The van der Waals surface area contributed by atoms with Gasteiger partial charge in [-0.2, -0.15) is 0 Å². The summed E-state index contributed by atoms with van der Waals surface area (Å²) in [4.78, 5) is 11.3.